The molecule has 66 valence electrons. The van der Waals surface area contributed by atoms with Crippen LogP contribution in [0.5, 0.6) is 0 Å². The van der Waals surface area contributed by atoms with Crippen LogP contribution in [0.1, 0.15) is 22.3 Å². The average molecular weight is 173 g/mol. The van der Waals surface area contributed by atoms with Crippen LogP contribution >= 0.6 is 0 Å². The molecule has 0 aliphatic carbocycles. The average Bonchev–Trinajstić information content (AvgIpc) is 2.16. The van der Waals surface area contributed by atoms with Gasteiger partial charge in [0.2, 0.25) is 0 Å². The number of carbonyl (C=O) groups excluding carboxylic acids is 1. The monoisotopic (exact) mass is 173 g/mol. The van der Waals surface area contributed by atoms with E-state index < -0.39 is 0 Å². The van der Waals surface area contributed by atoms with E-state index in [2.05, 4.69) is 11.9 Å². The minimum atomic E-state index is 0.789. The van der Waals surface area contributed by atoms with Gasteiger partial charge in [0.1, 0.15) is 6.29 Å². The molecule has 1 heterocycles. The zero-order valence-electron chi connectivity index (χ0n) is 7.34. The first-order valence-electron chi connectivity index (χ1n) is 4.33. The first-order chi connectivity index (χ1) is 6.31. The molecule has 0 aromatic heterocycles. The summed E-state index contributed by atoms with van der Waals surface area (Å²) in [5, 5.41) is 3.18. The number of fused-ring (bicyclic) bond motifs is 1. The maximum absolute atomic E-state index is 10.7. The number of rotatable bonds is 1. The van der Waals surface area contributed by atoms with Gasteiger partial charge in [0, 0.05) is 16.9 Å². The Hall–Kier alpha value is -1.57. The topological polar surface area (TPSA) is 29.1 Å². The van der Waals surface area contributed by atoms with Crippen LogP contribution in [-0.2, 0) is 6.42 Å². The van der Waals surface area contributed by atoms with Crippen LogP contribution in [0.25, 0.3) is 0 Å². The highest BCUT2D eigenvalue weighted by atomic mass is 16.1. The van der Waals surface area contributed by atoms with Crippen molar-refractivity contribution in [3.05, 3.63) is 41.6 Å². The van der Waals surface area contributed by atoms with Gasteiger partial charge in [-0.15, -0.1) is 0 Å². The largest absolute Gasteiger partial charge is 0.359 e. The molecule has 0 saturated heterocycles. The van der Waals surface area contributed by atoms with Gasteiger partial charge in [0.05, 0.1) is 0 Å². The zero-order chi connectivity index (χ0) is 9.26. The van der Waals surface area contributed by atoms with E-state index in [4.69, 9.17) is 0 Å². The van der Waals surface area contributed by atoms with Gasteiger partial charge in [-0.25, -0.2) is 0 Å². The first kappa shape index (κ1) is 8.05. The van der Waals surface area contributed by atoms with Crippen molar-refractivity contribution in [2.45, 2.75) is 12.8 Å². The highest BCUT2D eigenvalue weighted by Gasteiger charge is 2.13. The van der Waals surface area contributed by atoms with Gasteiger partial charge < -0.3 is 5.32 Å². The first-order valence-corrected chi connectivity index (χ1v) is 4.33. The van der Waals surface area contributed by atoms with Gasteiger partial charge in [-0.05, 0) is 24.5 Å². The van der Waals surface area contributed by atoms with Gasteiger partial charge in [0.25, 0.3) is 0 Å². The Labute approximate surface area is 77.3 Å². The highest BCUT2D eigenvalue weighted by molar-refractivity contribution is 5.81. The summed E-state index contributed by atoms with van der Waals surface area (Å²) in [5.41, 5.74) is 3.96. The fourth-order valence-corrected chi connectivity index (χ4v) is 1.64. The molecule has 0 saturated carbocycles. The van der Waals surface area contributed by atoms with Crippen LogP contribution in [0, 0.1) is 0 Å². The van der Waals surface area contributed by atoms with Crippen LogP contribution < -0.4 is 5.32 Å². The maximum atomic E-state index is 10.7. The van der Waals surface area contributed by atoms with Gasteiger partial charge in [-0.2, -0.15) is 0 Å². The second kappa shape index (κ2) is 3.05. The summed E-state index contributed by atoms with van der Waals surface area (Å²) < 4.78 is 0. The predicted molar refractivity (Wildman–Crippen MR) is 52.9 cm³/mol. The summed E-state index contributed by atoms with van der Waals surface area (Å²) in [6.07, 6.45) is 2.74. The molecular weight excluding hydrogens is 162 g/mol. The number of aldehydes is 1. The SMILES string of the molecule is C=C1CCc2c(C=O)cccc2N1. The van der Waals surface area contributed by atoms with E-state index in [0.29, 0.717) is 0 Å². The predicted octanol–water partition coefficient (Wildman–Crippen LogP) is 2.37. The second-order valence-electron chi connectivity index (χ2n) is 3.22. The number of allylic oxidation sites excluding steroid dienone is 1. The van der Waals surface area contributed by atoms with E-state index in [0.717, 1.165) is 41.6 Å². The van der Waals surface area contributed by atoms with Crippen LogP contribution in [0.4, 0.5) is 5.69 Å². The van der Waals surface area contributed by atoms with E-state index in [-0.39, 0.29) is 0 Å². The molecule has 0 unspecified atom stereocenters. The van der Waals surface area contributed by atoms with Gasteiger partial charge >= 0.3 is 0 Å². The minimum Gasteiger partial charge on any atom is -0.359 e. The molecule has 0 spiro atoms. The molecule has 1 N–H and O–H groups in total. The lowest BCUT2D eigenvalue weighted by Gasteiger charge is -2.20. The lowest BCUT2D eigenvalue weighted by atomic mass is 9.97. The number of hydrogen-bond donors (Lipinski definition) is 1. The summed E-state index contributed by atoms with van der Waals surface area (Å²) >= 11 is 0. The second-order valence-corrected chi connectivity index (χ2v) is 3.22. The third kappa shape index (κ3) is 1.35. The van der Waals surface area contributed by atoms with Crippen molar-refractivity contribution in [3.63, 3.8) is 0 Å². The van der Waals surface area contributed by atoms with E-state index >= 15 is 0 Å². The Bertz CT molecular complexity index is 368. The summed E-state index contributed by atoms with van der Waals surface area (Å²) in [6.45, 7) is 3.87. The van der Waals surface area contributed by atoms with E-state index in [9.17, 15) is 4.79 Å². The van der Waals surface area contributed by atoms with Crippen LogP contribution in [-0.4, -0.2) is 6.29 Å². The Morgan fingerprint density at radius 1 is 1.38 bits per heavy atom. The summed E-state index contributed by atoms with van der Waals surface area (Å²) in [5.74, 6) is 0. The third-order valence-corrected chi connectivity index (χ3v) is 2.33. The summed E-state index contributed by atoms with van der Waals surface area (Å²) in [4.78, 5) is 10.7. The Morgan fingerprint density at radius 2 is 2.23 bits per heavy atom. The molecule has 13 heavy (non-hydrogen) atoms. The smallest absolute Gasteiger partial charge is 0.150 e. The fourth-order valence-electron chi connectivity index (χ4n) is 1.64. The van der Waals surface area contributed by atoms with Crippen molar-refractivity contribution in [2.75, 3.05) is 5.32 Å². The molecule has 0 radical (unpaired) electrons. The molecule has 0 amide bonds. The van der Waals surface area contributed by atoms with Crippen molar-refractivity contribution in [1.82, 2.24) is 0 Å². The molecule has 0 fully saturated rings. The lowest BCUT2D eigenvalue weighted by Crippen LogP contribution is -2.10. The highest BCUT2D eigenvalue weighted by Crippen LogP contribution is 2.27. The minimum absolute atomic E-state index is 0.789. The molecule has 1 aromatic carbocycles. The Balaban J connectivity index is 2.51. The lowest BCUT2D eigenvalue weighted by molar-refractivity contribution is 0.112. The number of anilines is 1. The Kier molecular flexibility index (Phi) is 1.89. The zero-order valence-corrected chi connectivity index (χ0v) is 7.34. The van der Waals surface area contributed by atoms with E-state index in [1.54, 1.807) is 0 Å². The molecule has 1 aromatic rings. The standard InChI is InChI=1S/C11H11NO/c1-8-5-6-10-9(7-13)3-2-4-11(10)12-8/h2-4,7,12H,1,5-6H2. The Morgan fingerprint density at radius 3 is 3.00 bits per heavy atom. The molecule has 2 rings (SSSR count). The summed E-state index contributed by atoms with van der Waals surface area (Å²) in [7, 11) is 0. The number of hydrogen-bond acceptors (Lipinski definition) is 2. The molecule has 1 aliphatic heterocycles. The van der Waals surface area contributed by atoms with Gasteiger partial charge in [0.15, 0.2) is 0 Å². The summed E-state index contributed by atoms with van der Waals surface area (Å²) in [6, 6.07) is 5.71. The molecule has 2 nitrogen and oxygen atoms in total. The number of carbonyl (C=O) groups is 1. The van der Waals surface area contributed by atoms with Crippen molar-refractivity contribution >= 4 is 12.0 Å². The number of nitrogens with one attached hydrogen (secondary N) is 1. The molecular formula is C11H11NO. The van der Waals surface area contributed by atoms with Crippen molar-refractivity contribution in [3.8, 4) is 0 Å². The molecule has 1 aliphatic rings. The van der Waals surface area contributed by atoms with Crippen LogP contribution in [0.2, 0.25) is 0 Å². The fraction of sp³-hybridized carbons (Fsp3) is 0.182. The normalized spacial score (nSPS) is 14.6. The van der Waals surface area contributed by atoms with Gasteiger partial charge in [-0.1, -0.05) is 18.7 Å². The van der Waals surface area contributed by atoms with Crippen molar-refractivity contribution in [1.29, 1.82) is 0 Å². The molecule has 0 bridgehead atoms. The van der Waals surface area contributed by atoms with Crippen molar-refractivity contribution in [2.24, 2.45) is 0 Å². The van der Waals surface area contributed by atoms with E-state index in [1.807, 2.05) is 18.2 Å². The molecule has 0 atom stereocenters. The quantitative estimate of drug-likeness (QED) is 0.660. The number of benzene rings is 1. The van der Waals surface area contributed by atoms with Crippen molar-refractivity contribution < 1.29 is 4.79 Å². The maximum Gasteiger partial charge on any atom is 0.150 e. The van der Waals surface area contributed by atoms with Crippen LogP contribution in [0.15, 0.2) is 30.5 Å². The third-order valence-electron chi connectivity index (χ3n) is 2.33. The van der Waals surface area contributed by atoms with Gasteiger partial charge in [-0.3, -0.25) is 4.79 Å². The van der Waals surface area contributed by atoms with Crippen LogP contribution in [0.3, 0.4) is 0 Å². The van der Waals surface area contributed by atoms with E-state index in [1.165, 1.54) is 0 Å². The molecule has 2 heteroatoms.